The Kier molecular flexibility index (Phi) is 5.13. The first-order valence-corrected chi connectivity index (χ1v) is 8.84. The highest BCUT2D eigenvalue weighted by molar-refractivity contribution is 7.07. The normalized spacial score (nSPS) is 12.4. The zero-order valence-corrected chi connectivity index (χ0v) is 14.9. The Balaban J connectivity index is 2.09. The highest BCUT2D eigenvalue weighted by Crippen LogP contribution is 2.31. The average molecular weight is 374 g/mol. The Morgan fingerprint density at radius 3 is 2.54 bits per heavy atom. The molecule has 2 nitrogen and oxygen atoms in total. The van der Waals surface area contributed by atoms with Crippen LogP contribution in [-0.2, 0) is 12.7 Å². The molecule has 0 spiro atoms. The standard InChI is InChI=1S/C20H17F3N2S/c1-3-11-25-18(15-9-7-14(2)8-10-15)13-26-19(25)24-17-6-4-5-16(12-17)20(21,22)23/h3-10,12-13H,1,11H2,2H3. The van der Waals surface area contributed by atoms with Gasteiger partial charge in [0.1, 0.15) is 0 Å². The fourth-order valence-corrected chi connectivity index (χ4v) is 3.48. The molecule has 0 aliphatic rings. The Morgan fingerprint density at radius 1 is 1.15 bits per heavy atom. The van der Waals surface area contributed by atoms with Crippen LogP contribution in [0.5, 0.6) is 0 Å². The van der Waals surface area contributed by atoms with E-state index >= 15 is 0 Å². The molecule has 0 fully saturated rings. The number of allylic oxidation sites excluding steroid dienone is 1. The number of rotatable bonds is 4. The molecule has 0 unspecified atom stereocenters. The van der Waals surface area contributed by atoms with Gasteiger partial charge in [-0.1, -0.05) is 42.0 Å². The van der Waals surface area contributed by atoms with Gasteiger partial charge in [0.05, 0.1) is 16.9 Å². The second-order valence-corrected chi connectivity index (χ2v) is 6.67. The van der Waals surface area contributed by atoms with Gasteiger partial charge < -0.3 is 4.57 Å². The third-order valence-electron chi connectivity index (χ3n) is 3.85. The van der Waals surface area contributed by atoms with Crippen molar-refractivity contribution in [2.45, 2.75) is 19.6 Å². The highest BCUT2D eigenvalue weighted by Gasteiger charge is 2.30. The number of hydrogen-bond donors (Lipinski definition) is 0. The maximum absolute atomic E-state index is 12.9. The minimum atomic E-state index is -4.38. The summed E-state index contributed by atoms with van der Waals surface area (Å²) in [6.07, 6.45) is -2.64. The van der Waals surface area contributed by atoms with Crippen molar-refractivity contribution < 1.29 is 13.2 Å². The highest BCUT2D eigenvalue weighted by atomic mass is 32.1. The van der Waals surface area contributed by atoms with Crippen LogP contribution in [0.25, 0.3) is 11.3 Å². The predicted octanol–water partition coefficient (Wildman–Crippen LogP) is 5.96. The van der Waals surface area contributed by atoms with Crippen LogP contribution >= 0.6 is 11.3 Å². The lowest BCUT2D eigenvalue weighted by Crippen LogP contribution is -2.14. The summed E-state index contributed by atoms with van der Waals surface area (Å²) in [5.41, 5.74) is 2.72. The van der Waals surface area contributed by atoms with Crippen LogP contribution in [0.15, 0.2) is 71.6 Å². The Hall–Kier alpha value is -2.60. The van der Waals surface area contributed by atoms with Gasteiger partial charge in [0.2, 0.25) is 0 Å². The molecule has 0 amide bonds. The molecule has 0 bridgehead atoms. The molecule has 3 rings (SSSR count). The Morgan fingerprint density at radius 2 is 1.88 bits per heavy atom. The molecule has 0 saturated heterocycles. The van der Waals surface area contributed by atoms with E-state index in [4.69, 9.17) is 0 Å². The van der Waals surface area contributed by atoms with Gasteiger partial charge in [-0.2, -0.15) is 13.2 Å². The quantitative estimate of drug-likeness (QED) is 0.501. The van der Waals surface area contributed by atoms with Crippen molar-refractivity contribution in [2.75, 3.05) is 0 Å². The fraction of sp³-hybridized carbons (Fsp3) is 0.150. The van der Waals surface area contributed by atoms with E-state index in [1.165, 1.54) is 17.4 Å². The van der Waals surface area contributed by atoms with Crippen molar-refractivity contribution in [1.29, 1.82) is 0 Å². The average Bonchev–Trinajstić information content (AvgIpc) is 2.98. The largest absolute Gasteiger partial charge is 0.416 e. The van der Waals surface area contributed by atoms with Gasteiger partial charge in [-0.05, 0) is 30.7 Å². The van der Waals surface area contributed by atoms with Gasteiger partial charge in [-0.3, -0.25) is 0 Å². The van der Waals surface area contributed by atoms with Crippen LogP contribution < -0.4 is 4.80 Å². The molecular formula is C20H17F3N2S. The van der Waals surface area contributed by atoms with Gasteiger partial charge in [0.15, 0.2) is 4.80 Å². The number of benzene rings is 2. The molecule has 26 heavy (non-hydrogen) atoms. The van der Waals surface area contributed by atoms with Crippen molar-refractivity contribution in [1.82, 2.24) is 4.57 Å². The summed E-state index contributed by atoms with van der Waals surface area (Å²) in [6.45, 7) is 6.31. The minimum Gasteiger partial charge on any atom is -0.313 e. The number of aryl methyl sites for hydroxylation is 1. The Labute approximate surface area is 153 Å². The second kappa shape index (κ2) is 7.33. The third kappa shape index (κ3) is 3.96. The lowest BCUT2D eigenvalue weighted by Gasteiger charge is -2.08. The lowest BCUT2D eigenvalue weighted by molar-refractivity contribution is -0.137. The van der Waals surface area contributed by atoms with Crippen molar-refractivity contribution >= 4 is 17.0 Å². The molecule has 1 aromatic heterocycles. The maximum Gasteiger partial charge on any atom is 0.416 e. The molecule has 0 atom stereocenters. The second-order valence-electron chi connectivity index (χ2n) is 5.83. The van der Waals surface area contributed by atoms with Crippen LogP contribution in [0.3, 0.4) is 0 Å². The van der Waals surface area contributed by atoms with E-state index in [2.05, 4.69) is 11.6 Å². The SMILES string of the molecule is C=CCn1c(-c2ccc(C)cc2)csc1=Nc1cccc(C(F)(F)F)c1. The summed E-state index contributed by atoms with van der Waals surface area (Å²) in [6, 6.07) is 13.1. The monoisotopic (exact) mass is 374 g/mol. The van der Waals surface area contributed by atoms with Gasteiger partial charge in [0, 0.05) is 11.9 Å². The van der Waals surface area contributed by atoms with Gasteiger partial charge >= 0.3 is 6.18 Å². The van der Waals surface area contributed by atoms with E-state index in [9.17, 15) is 13.2 Å². The maximum atomic E-state index is 12.9. The van der Waals surface area contributed by atoms with Crippen LogP contribution in [-0.4, -0.2) is 4.57 Å². The summed E-state index contributed by atoms with van der Waals surface area (Å²) in [4.78, 5) is 5.06. The van der Waals surface area contributed by atoms with Crippen molar-refractivity contribution in [3.63, 3.8) is 0 Å². The topological polar surface area (TPSA) is 17.3 Å². The third-order valence-corrected chi connectivity index (χ3v) is 4.72. The number of alkyl halides is 3. The molecule has 1 heterocycles. The first-order chi connectivity index (χ1) is 12.4. The first kappa shape index (κ1) is 18.2. The number of nitrogens with zero attached hydrogens (tertiary/aromatic N) is 2. The van der Waals surface area contributed by atoms with Gasteiger partial charge in [0.25, 0.3) is 0 Å². The van der Waals surface area contributed by atoms with E-state index in [0.29, 0.717) is 11.3 Å². The summed E-state index contributed by atoms with van der Waals surface area (Å²) < 4.78 is 40.7. The van der Waals surface area contributed by atoms with Gasteiger partial charge in [-0.15, -0.1) is 17.9 Å². The van der Waals surface area contributed by atoms with Crippen molar-refractivity contribution in [3.05, 3.63) is 82.5 Å². The van der Waals surface area contributed by atoms with E-state index in [0.717, 1.165) is 29.0 Å². The number of hydrogen-bond acceptors (Lipinski definition) is 2. The summed E-state index contributed by atoms with van der Waals surface area (Å²) in [5.74, 6) is 0. The molecule has 0 N–H and O–H groups in total. The van der Waals surface area contributed by atoms with Crippen LogP contribution in [0.4, 0.5) is 18.9 Å². The summed E-state index contributed by atoms with van der Waals surface area (Å²) in [7, 11) is 0. The van der Waals surface area contributed by atoms with Crippen molar-refractivity contribution in [2.24, 2.45) is 4.99 Å². The molecule has 0 aliphatic heterocycles. The molecule has 134 valence electrons. The molecular weight excluding hydrogens is 357 g/mol. The van der Waals surface area contributed by atoms with Gasteiger partial charge in [-0.25, -0.2) is 4.99 Å². The molecule has 0 saturated carbocycles. The van der Waals surface area contributed by atoms with E-state index < -0.39 is 11.7 Å². The number of aromatic nitrogens is 1. The van der Waals surface area contributed by atoms with Crippen LogP contribution in [0.1, 0.15) is 11.1 Å². The summed E-state index contributed by atoms with van der Waals surface area (Å²) >= 11 is 1.39. The van der Waals surface area contributed by atoms with Crippen molar-refractivity contribution in [3.8, 4) is 11.3 Å². The summed E-state index contributed by atoms with van der Waals surface area (Å²) in [5, 5.41) is 1.96. The first-order valence-electron chi connectivity index (χ1n) is 7.97. The number of thiazole rings is 1. The predicted molar refractivity (Wildman–Crippen MR) is 99.3 cm³/mol. The molecule has 6 heteroatoms. The minimum absolute atomic E-state index is 0.273. The van der Waals surface area contributed by atoms with Crippen LogP contribution in [0, 0.1) is 6.92 Å². The Bertz CT molecular complexity index is 979. The number of halogens is 3. The van der Waals surface area contributed by atoms with E-state index in [-0.39, 0.29) is 5.69 Å². The van der Waals surface area contributed by atoms with Crippen LogP contribution in [0.2, 0.25) is 0 Å². The lowest BCUT2D eigenvalue weighted by atomic mass is 10.1. The molecule has 0 radical (unpaired) electrons. The van der Waals surface area contributed by atoms with E-state index in [1.54, 1.807) is 12.1 Å². The molecule has 0 aliphatic carbocycles. The molecule has 3 aromatic rings. The zero-order valence-electron chi connectivity index (χ0n) is 14.1. The zero-order chi connectivity index (χ0) is 18.7. The fourth-order valence-electron chi connectivity index (χ4n) is 2.54. The smallest absolute Gasteiger partial charge is 0.313 e. The van der Waals surface area contributed by atoms with E-state index in [1.807, 2.05) is 41.1 Å². The molecule has 2 aromatic carbocycles.